The van der Waals surface area contributed by atoms with E-state index in [1.54, 1.807) is 0 Å². The topological polar surface area (TPSA) is 86.7 Å². The minimum absolute atomic E-state index is 0.677. The summed E-state index contributed by atoms with van der Waals surface area (Å²) in [5.41, 5.74) is 27.3. The number of halogens is 2. The molecule has 11 heteroatoms. The largest absolute Gasteiger partial charge is 0.355 e. The van der Waals surface area contributed by atoms with Crippen LogP contribution < -0.4 is 15.9 Å². The third kappa shape index (κ3) is 16.9. The lowest BCUT2D eigenvalue weighted by atomic mass is 10.0. The van der Waals surface area contributed by atoms with Gasteiger partial charge in [0.2, 0.25) is 0 Å². The van der Waals surface area contributed by atoms with Gasteiger partial charge in [-0.05, 0) is 315 Å². The van der Waals surface area contributed by atoms with Crippen molar-refractivity contribution in [1.82, 2.24) is 23.3 Å². The average molecular weight is 1950 g/mol. The van der Waals surface area contributed by atoms with Crippen LogP contribution in [0.2, 0.25) is 0 Å². The molecule has 636 valence electrons. The highest BCUT2D eigenvalue weighted by atomic mass is 127. The van der Waals surface area contributed by atoms with Crippen LogP contribution in [0.5, 0.6) is 0 Å². The summed E-state index contributed by atoms with van der Waals surface area (Å²) in [6, 6.07) is 157. The first kappa shape index (κ1) is 85.6. The van der Waals surface area contributed by atoms with Crippen LogP contribution in [0.3, 0.4) is 0 Å². The number of carbonyl (C=O) groups excluding carboxylic acids is 3. The second-order valence-corrected chi connectivity index (χ2v) is 38.4. The van der Waals surface area contributed by atoms with Crippen molar-refractivity contribution in [3.05, 3.63) is 504 Å². The van der Waals surface area contributed by atoms with E-state index in [1.165, 1.54) is 88.9 Å². The Kier molecular flexibility index (Phi) is 24.4. The summed E-state index contributed by atoms with van der Waals surface area (Å²) in [4.78, 5) is 36.9. The third-order valence-electron chi connectivity index (χ3n) is 25.0. The summed E-state index contributed by atoms with van der Waals surface area (Å²) in [6.07, 6.45) is 6.49. The molecule has 0 aliphatic heterocycles. The van der Waals surface area contributed by atoms with Crippen LogP contribution in [0.4, 0.5) is 0 Å². The van der Waals surface area contributed by atoms with Crippen LogP contribution in [0.15, 0.2) is 462 Å². The lowest BCUT2D eigenvalue weighted by molar-refractivity contribution is 0.111. The van der Waals surface area contributed by atoms with E-state index < -0.39 is 7.26 Å². The molecule has 0 unspecified atom stereocenters. The zero-order chi connectivity index (χ0) is 90.5. The molecule has 5 heterocycles. The highest BCUT2D eigenvalue weighted by molar-refractivity contribution is 14.1. The molecule has 0 aliphatic carbocycles. The van der Waals surface area contributed by atoms with E-state index in [0.717, 1.165) is 129 Å². The number of hydrogen-bond donors (Lipinski definition) is 1. The number of aldehydes is 3. The smallest absolute Gasteiger partial charge is 0.150 e. The number of nitrogens with zero attached hydrogens (tertiary/aromatic N) is 4. The molecule has 24 rings (SSSR count). The number of H-pyrrole nitrogens is 1. The number of rotatable bonds is 15. The zero-order valence-corrected chi connectivity index (χ0v) is 77.7. The van der Waals surface area contributed by atoms with Crippen molar-refractivity contribution in [3.8, 4) is 56.1 Å². The molecule has 0 aliphatic rings. The predicted molar refractivity (Wildman–Crippen MR) is 581 cm³/mol. The number of aromatic amines is 1. The fourth-order valence-electron chi connectivity index (χ4n) is 18.4. The fourth-order valence-corrected chi connectivity index (χ4v) is 22.1. The number of aromatic nitrogens is 5. The Morgan fingerprint density at radius 3 is 0.744 bits per heavy atom. The van der Waals surface area contributed by atoms with Crippen molar-refractivity contribution >= 4 is 208 Å². The molecular formula is C122H86I2N5O3P. The molecule has 8 nitrogen and oxygen atoms in total. The molecule has 5 aromatic heterocycles. The molecule has 0 bridgehead atoms. The van der Waals surface area contributed by atoms with Crippen molar-refractivity contribution in [3.63, 3.8) is 0 Å². The summed E-state index contributed by atoms with van der Waals surface area (Å²) in [7, 11) is -1.78. The number of hydrogen-bond acceptors (Lipinski definition) is 3. The normalized spacial score (nSPS) is 11.3. The molecule has 1 N–H and O–H groups in total. The first-order valence-electron chi connectivity index (χ1n) is 44.0. The highest BCUT2D eigenvalue weighted by Gasteiger charge is 2.33. The molecule has 24 aromatic rings. The summed E-state index contributed by atoms with van der Waals surface area (Å²) in [6.45, 7) is 12.6. The van der Waals surface area contributed by atoms with Crippen molar-refractivity contribution in [1.29, 1.82) is 0 Å². The van der Waals surface area contributed by atoms with Crippen LogP contribution in [0.25, 0.3) is 177 Å². The van der Waals surface area contributed by atoms with Gasteiger partial charge in [0.1, 0.15) is 18.9 Å². The maximum atomic E-state index is 11.4. The molecule has 19 aromatic carbocycles. The van der Waals surface area contributed by atoms with E-state index in [9.17, 15) is 14.4 Å². The highest BCUT2D eigenvalue weighted by Crippen LogP contribution is 2.54. The Labute approximate surface area is 799 Å². The Bertz CT molecular complexity index is 7660. The van der Waals surface area contributed by atoms with Crippen LogP contribution >= 0.6 is 52.4 Å². The van der Waals surface area contributed by atoms with Gasteiger partial charge in [-0.2, -0.15) is 6.66 Å². The van der Waals surface area contributed by atoms with Crippen LogP contribution in [-0.4, -0.2) is 42.1 Å². The van der Waals surface area contributed by atoms with Gasteiger partial charge in [-0.1, -0.05) is 256 Å². The maximum absolute atomic E-state index is 11.4. The monoisotopic (exact) mass is 1950 g/mol. The minimum Gasteiger partial charge on any atom is -0.355 e. The molecule has 133 heavy (non-hydrogen) atoms. The van der Waals surface area contributed by atoms with Gasteiger partial charge in [-0.3, -0.25) is 14.4 Å². The van der Waals surface area contributed by atoms with Gasteiger partial charge < -0.3 is 23.3 Å². The Morgan fingerprint density at radius 2 is 0.451 bits per heavy atom. The van der Waals surface area contributed by atoms with Crippen LogP contribution in [0.1, 0.15) is 42.2 Å². The molecular weight excluding hydrogens is 1870 g/mol. The molecule has 0 fully saturated rings. The van der Waals surface area contributed by atoms with Gasteiger partial charge in [-0.15, -0.1) is 0 Å². The Hall–Kier alpha value is -15.4. The molecule has 0 amide bonds. The SMILES string of the molecule is C=Cc1ccc2c(c1)c1ccccc1n2-c1ccc(-c2ccc(-n3c4ccccc4c4cc(C=C)ccc43)cc2)cc1.Ic1ccc(-c2ccc(I)cc2)cc1.O=Cc1ccc2[nH]c3ccccc3c2c1.O=Cc1ccc2c(c1)c1ccccc1n2-c1ccc(-c2ccc(-n3c4ccccc4c4cc(C=O)ccc43)cc2)cc1.[CH2-][P+](c1ccccc1)(c1ccccc1)c1ccccc1. The molecule has 0 radical (unpaired) electrons. The van der Waals surface area contributed by atoms with Gasteiger partial charge in [0, 0.05) is 111 Å². The van der Waals surface area contributed by atoms with Gasteiger partial charge in [-0.25, -0.2) is 0 Å². The van der Waals surface area contributed by atoms with E-state index in [0.29, 0.717) is 16.7 Å². The minimum atomic E-state index is -1.78. The van der Waals surface area contributed by atoms with E-state index in [2.05, 4.69) is 433 Å². The van der Waals surface area contributed by atoms with Gasteiger partial charge in [0.05, 0.1) is 60.0 Å². The van der Waals surface area contributed by atoms with E-state index in [4.69, 9.17) is 6.66 Å². The molecule has 0 saturated carbocycles. The molecule has 0 atom stereocenters. The predicted octanol–water partition coefficient (Wildman–Crippen LogP) is 31.5. The molecule has 0 spiro atoms. The molecule has 0 saturated heterocycles. The number of benzene rings is 19. The summed E-state index contributed by atoms with van der Waals surface area (Å²) < 4.78 is 11.8. The average Bonchev–Trinajstić information content (AvgIpc) is 1.62. The Balaban J connectivity index is 0.000000112. The number of fused-ring (bicyclic) bond motifs is 15. The lowest BCUT2D eigenvalue weighted by Gasteiger charge is -2.30. The number of para-hydroxylation sites is 5. The van der Waals surface area contributed by atoms with E-state index in [-0.39, 0.29) is 0 Å². The standard InChI is InChI=1S/C40H28N2.C38H24N2O2.C19H17P.C13H9NO.C12H8I2/c1-3-27-13-23-39-35(25-27)33-9-5-7-11-37(33)41(39)31-19-15-29(16-20-31)30-17-21-32(22-18-30)42-38-12-8-6-10-34(38)36-26-28(4-2)14-24-40(36)42;41-23-25-9-19-37-33(21-25)31-5-1-3-7-35(31)39(37)29-15-11-27(12-16-29)28-13-17-30(18-14-28)40-36-8-4-2-6-32(36)34-22-26(24-42)10-20-38(34)40;1-20(17-11-5-2-6-12-17,18-13-7-3-8-14-18)19-15-9-4-10-16-19;15-8-9-5-6-13-11(7-9)10-3-1-2-4-12(10)14-13;13-11-5-1-9(2-6-11)10-3-7-12(14)8-4-10/h3-26H,1-2H2;1-24H;2-16H,1H2;1-8,14H;1-8H. The summed E-state index contributed by atoms with van der Waals surface area (Å²) in [5.74, 6) is 0. The fraction of sp³-hybridized carbons (Fsp3) is 0. The number of carbonyl (C=O) groups is 3. The Morgan fingerprint density at radius 1 is 0.226 bits per heavy atom. The zero-order valence-electron chi connectivity index (χ0n) is 72.4. The third-order valence-corrected chi connectivity index (χ3v) is 30.0. The quantitative estimate of drug-likeness (QED) is 0.0480. The van der Waals surface area contributed by atoms with Gasteiger partial charge in [0.15, 0.2) is 0 Å². The first-order chi connectivity index (χ1) is 65.4. The van der Waals surface area contributed by atoms with Crippen LogP contribution in [-0.2, 0) is 0 Å². The summed E-state index contributed by atoms with van der Waals surface area (Å²) >= 11 is 4.64. The van der Waals surface area contributed by atoms with Gasteiger partial charge >= 0.3 is 0 Å². The second-order valence-electron chi connectivity index (χ2n) is 32.8. The van der Waals surface area contributed by atoms with Crippen LogP contribution in [0, 0.1) is 13.8 Å². The van der Waals surface area contributed by atoms with Crippen molar-refractivity contribution < 1.29 is 14.4 Å². The van der Waals surface area contributed by atoms with Crippen molar-refractivity contribution in [2.24, 2.45) is 0 Å². The summed E-state index contributed by atoms with van der Waals surface area (Å²) in [5, 5.41) is 15.6. The second kappa shape index (κ2) is 37.9. The lowest BCUT2D eigenvalue weighted by Crippen LogP contribution is -2.28. The van der Waals surface area contributed by atoms with E-state index >= 15 is 0 Å². The first-order valence-corrected chi connectivity index (χ1v) is 48.1. The van der Waals surface area contributed by atoms with Crippen molar-refractivity contribution in [2.45, 2.75) is 0 Å². The van der Waals surface area contributed by atoms with Crippen molar-refractivity contribution in [2.75, 3.05) is 0 Å². The number of nitrogens with one attached hydrogen (secondary N) is 1. The maximum Gasteiger partial charge on any atom is 0.150 e. The van der Waals surface area contributed by atoms with Gasteiger partial charge in [0.25, 0.3) is 0 Å². The van der Waals surface area contributed by atoms with E-state index in [1.807, 2.05) is 109 Å².